The van der Waals surface area contributed by atoms with Gasteiger partial charge in [-0.1, -0.05) is 0 Å². The van der Waals surface area contributed by atoms with Crippen molar-refractivity contribution in [3.63, 3.8) is 0 Å². The van der Waals surface area contributed by atoms with Crippen LogP contribution >= 0.6 is 0 Å². The molecule has 0 atom stereocenters. The summed E-state index contributed by atoms with van der Waals surface area (Å²) in [5.41, 5.74) is 2.73. The molecule has 0 aliphatic carbocycles. The summed E-state index contributed by atoms with van der Waals surface area (Å²) in [5.74, 6) is 0.823. The van der Waals surface area contributed by atoms with E-state index in [0.717, 1.165) is 35.4 Å². The van der Waals surface area contributed by atoms with Crippen molar-refractivity contribution in [3.05, 3.63) is 36.2 Å². The fourth-order valence-corrected chi connectivity index (χ4v) is 3.30. The number of nitrogens with zero attached hydrogens (tertiary/aromatic N) is 2. The van der Waals surface area contributed by atoms with E-state index in [2.05, 4.69) is 27.0 Å². The SMILES string of the molecule is COc1ccc2c3ccnc(C)c3n(CCCNC(=O)OC(C)(C)C)c2c1. The smallest absolute Gasteiger partial charge is 0.407 e. The van der Waals surface area contributed by atoms with Crippen molar-refractivity contribution in [2.45, 2.75) is 46.3 Å². The van der Waals surface area contributed by atoms with Gasteiger partial charge in [0.1, 0.15) is 11.4 Å². The van der Waals surface area contributed by atoms with Gasteiger partial charge in [-0.05, 0) is 52.3 Å². The molecular weight excluding hydrogens is 342 g/mol. The van der Waals surface area contributed by atoms with Crippen LogP contribution in [-0.4, -0.2) is 34.9 Å². The van der Waals surface area contributed by atoms with E-state index in [9.17, 15) is 4.79 Å². The van der Waals surface area contributed by atoms with Gasteiger partial charge in [-0.3, -0.25) is 4.98 Å². The Morgan fingerprint density at radius 1 is 1.22 bits per heavy atom. The van der Waals surface area contributed by atoms with E-state index in [1.54, 1.807) is 7.11 Å². The molecule has 0 fully saturated rings. The molecule has 0 saturated heterocycles. The van der Waals surface area contributed by atoms with Crippen molar-refractivity contribution in [1.29, 1.82) is 0 Å². The molecule has 0 spiro atoms. The number of rotatable bonds is 5. The van der Waals surface area contributed by atoms with E-state index < -0.39 is 5.60 Å². The minimum Gasteiger partial charge on any atom is -0.497 e. The third-order valence-corrected chi connectivity index (χ3v) is 4.39. The van der Waals surface area contributed by atoms with Crippen LogP contribution in [0.15, 0.2) is 30.5 Å². The van der Waals surface area contributed by atoms with Crippen LogP contribution in [0.5, 0.6) is 5.75 Å². The van der Waals surface area contributed by atoms with Crippen molar-refractivity contribution < 1.29 is 14.3 Å². The summed E-state index contributed by atoms with van der Waals surface area (Å²) in [7, 11) is 1.67. The Morgan fingerprint density at radius 3 is 2.70 bits per heavy atom. The third kappa shape index (κ3) is 4.15. The van der Waals surface area contributed by atoms with Gasteiger partial charge in [0.2, 0.25) is 0 Å². The lowest BCUT2D eigenvalue weighted by Gasteiger charge is -2.19. The summed E-state index contributed by atoms with van der Waals surface area (Å²) in [6.45, 7) is 8.89. The number of aromatic nitrogens is 2. The zero-order chi connectivity index (χ0) is 19.6. The number of hydrogen-bond donors (Lipinski definition) is 1. The van der Waals surface area contributed by atoms with Gasteiger partial charge in [-0.2, -0.15) is 0 Å². The minimum atomic E-state index is -0.490. The van der Waals surface area contributed by atoms with Crippen LogP contribution in [0.3, 0.4) is 0 Å². The summed E-state index contributed by atoms with van der Waals surface area (Å²) < 4.78 is 12.9. The van der Waals surface area contributed by atoms with Crippen LogP contribution in [0.1, 0.15) is 32.9 Å². The quantitative estimate of drug-likeness (QED) is 0.676. The Hall–Kier alpha value is -2.76. The second-order valence-corrected chi connectivity index (χ2v) is 7.61. The molecule has 1 N–H and O–H groups in total. The number of methoxy groups -OCH3 is 1. The van der Waals surface area contributed by atoms with Crippen molar-refractivity contribution in [1.82, 2.24) is 14.9 Å². The van der Waals surface area contributed by atoms with Crippen LogP contribution in [-0.2, 0) is 11.3 Å². The number of nitrogens with one attached hydrogen (secondary N) is 1. The highest BCUT2D eigenvalue weighted by atomic mass is 16.6. The molecule has 2 aromatic heterocycles. The highest BCUT2D eigenvalue weighted by Crippen LogP contribution is 2.32. The molecule has 0 bridgehead atoms. The summed E-state index contributed by atoms with van der Waals surface area (Å²) >= 11 is 0. The van der Waals surface area contributed by atoms with Crippen LogP contribution in [0.4, 0.5) is 4.79 Å². The third-order valence-electron chi connectivity index (χ3n) is 4.39. The second-order valence-electron chi connectivity index (χ2n) is 7.61. The van der Waals surface area contributed by atoms with Gasteiger partial charge in [0.25, 0.3) is 0 Å². The first-order valence-electron chi connectivity index (χ1n) is 9.18. The van der Waals surface area contributed by atoms with E-state index in [1.165, 1.54) is 10.8 Å². The molecule has 6 nitrogen and oxygen atoms in total. The van der Waals surface area contributed by atoms with Gasteiger partial charge < -0.3 is 19.4 Å². The largest absolute Gasteiger partial charge is 0.497 e. The first-order valence-corrected chi connectivity index (χ1v) is 9.18. The number of carbonyl (C=O) groups is 1. The molecule has 3 aromatic rings. The maximum absolute atomic E-state index is 11.8. The number of benzene rings is 1. The molecule has 0 saturated carbocycles. The number of hydrogen-bond acceptors (Lipinski definition) is 4. The van der Waals surface area contributed by atoms with E-state index in [4.69, 9.17) is 9.47 Å². The topological polar surface area (TPSA) is 65.4 Å². The van der Waals surface area contributed by atoms with Gasteiger partial charge >= 0.3 is 6.09 Å². The number of ether oxygens (including phenoxy) is 2. The molecule has 0 radical (unpaired) electrons. The maximum Gasteiger partial charge on any atom is 0.407 e. The van der Waals surface area contributed by atoms with Crippen molar-refractivity contribution in [3.8, 4) is 5.75 Å². The predicted octanol–water partition coefficient (Wildman–Crippen LogP) is 4.42. The molecule has 2 heterocycles. The lowest BCUT2D eigenvalue weighted by Crippen LogP contribution is -2.33. The van der Waals surface area contributed by atoms with Gasteiger partial charge in [-0.15, -0.1) is 0 Å². The van der Waals surface area contributed by atoms with E-state index >= 15 is 0 Å². The molecule has 0 unspecified atom stereocenters. The summed E-state index contributed by atoms with van der Waals surface area (Å²) in [6.07, 6.45) is 2.24. The molecule has 3 rings (SSSR count). The number of carbonyl (C=O) groups excluding carboxylic acids is 1. The summed E-state index contributed by atoms with van der Waals surface area (Å²) in [6, 6.07) is 8.17. The standard InChI is InChI=1S/C21H27N3O3/c1-14-19-17(9-11-22-14)16-8-7-15(26-5)13-18(16)24(19)12-6-10-23-20(25)27-21(2,3)4/h7-9,11,13H,6,10,12H2,1-5H3,(H,23,25). The predicted molar refractivity (Wildman–Crippen MR) is 107 cm³/mol. The molecule has 144 valence electrons. The fraction of sp³-hybridized carbons (Fsp3) is 0.429. The molecule has 1 amide bonds. The lowest BCUT2D eigenvalue weighted by atomic mass is 10.1. The Labute approximate surface area is 159 Å². The van der Waals surface area contributed by atoms with Crippen LogP contribution in [0.25, 0.3) is 21.8 Å². The van der Waals surface area contributed by atoms with E-state index in [-0.39, 0.29) is 6.09 Å². The van der Waals surface area contributed by atoms with Gasteiger partial charge in [0.05, 0.1) is 23.8 Å². The van der Waals surface area contributed by atoms with E-state index in [0.29, 0.717) is 6.54 Å². The molecule has 0 aliphatic heterocycles. The number of pyridine rings is 1. The van der Waals surface area contributed by atoms with Crippen molar-refractivity contribution in [2.75, 3.05) is 13.7 Å². The highest BCUT2D eigenvalue weighted by molar-refractivity contribution is 6.09. The normalized spacial score (nSPS) is 11.7. The van der Waals surface area contributed by atoms with Gasteiger partial charge in [0, 0.05) is 36.1 Å². The average molecular weight is 369 g/mol. The first-order chi connectivity index (χ1) is 12.8. The zero-order valence-electron chi connectivity index (χ0n) is 16.6. The number of alkyl carbamates (subject to hydrolysis) is 1. The maximum atomic E-state index is 11.8. The van der Waals surface area contributed by atoms with E-state index in [1.807, 2.05) is 46.0 Å². The van der Waals surface area contributed by atoms with Crippen molar-refractivity contribution in [2.24, 2.45) is 0 Å². The van der Waals surface area contributed by atoms with Gasteiger partial charge in [-0.25, -0.2) is 4.79 Å². The zero-order valence-corrected chi connectivity index (χ0v) is 16.6. The molecule has 27 heavy (non-hydrogen) atoms. The molecule has 1 aromatic carbocycles. The fourth-order valence-electron chi connectivity index (χ4n) is 3.30. The second kappa shape index (κ2) is 7.47. The highest BCUT2D eigenvalue weighted by Gasteiger charge is 2.16. The van der Waals surface area contributed by atoms with Crippen LogP contribution in [0, 0.1) is 6.92 Å². The Bertz CT molecular complexity index is 970. The number of amides is 1. The number of aryl methyl sites for hydroxylation is 2. The minimum absolute atomic E-state index is 0.385. The van der Waals surface area contributed by atoms with Crippen LogP contribution < -0.4 is 10.1 Å². The summed E-state index contributed by atoms with van der Waals surface area (Å²) in [5, 5.41) is 5.18. The Morgan fingerprint density at radius 2 is 2.00 bits per heavy atom. The average Bonchev–Trinajstić information content (AvgIpc) is 2.91. The van der Waals surface area contributed by atoms with Gasteiger partial charge in [0.15, 0.2) is 0 Å². The monoisotopic (exact) mass is 369 g/mol. The molecular formula is C21H27N3O3. The Balaban J connectivity index is 1.83. The van der Waals surface area contributed by atoms with Crippen LogP contribution in [0.2, 0.25) is 0 Å². The number of fused-ring (bicyclic) bond motifs is 3. The molecule has 0 aliphatic rings. The summed E-state index contributed by atoms with van der Waals surface area (Å²) in [4.78, 5) is 16.3. The molecule has 6 heteroatoms. The van der Waals surface area contributed by atoms with Crippen molar-refractivity contribution >= 4 is 27.9 Å². The first kappa shape index (κ1) is 19.0. The Kier molecular flexibility index (Phi) is 5.26. The lowest BCUT2D eigenvalue weighted by molar-refractivity contribution is 0.0527.